The fourth-order valence-electron chi connectivity index (χ4n) is 2.66. The van der Waals surface area contributed by atoms with E-state index in [9.17, 15) is 4.79 Å². The molecule has 0 aliphatic carbocycles. The van der Waals surface area contributed by atoms with Crippen molar-refractivity contribution in [2.45, 2.75) is 18.9 Å². The lowest BCUT2D eigenvalue weighted by Crippen LogP contribution is -2.43. The molecule has 0 radical (unpaired) electrons. The lowest BCUT2D eigenvalue weighted by atomic mass is 10.1. The number of ether oxygens (including phenoxy) is 1. The van der Waals surface area contributed by atoms with Crippen LogP contribution in [0.25, 0.3) is 5.65 Å². The molecule has 7 heteroatoms. The van der Waals surface area contributed by atoms with Gasteiger partial charge >= 0.3 is 0 Å². The average Bonchev–Trinajstić information content (AvgIpc) is 3.02. The first-order valence-electron chi connectivity index (χ1n) is 7.81. The lowest BCUT2D eigenvalue weighted by Gasteiger charge is -2.31. The molecule has 1 N–H and O–H groups in total. The van der Waals surface area contributed by atoms with Crippen molar-refractivity contribution in [3.05, 3.63) is 37.2 Å². The van der Waals surface area contributed by atoms with Crippen LogP contribution in [0.5, 0.6) is 5.88 Å². The second-order valence-corrected chi connectivity index (χ2v) is 5.59. The van der Waals surface area contributed by atoms with Gasteiger partial charge in [0.15, 0.2) is 5.65 Å². The van der Waals surface area contributed by atoms with Crippen LogP contribution in [0, 0.1) is 0 Å². The third-order valence-corrected chi connectivity index (χ3v) is 3.87. The molecule has 1 aliphatic heterocycles. The van der Waals surface area contributed by atoms with E-state index in [-0.39, 0.29) is 12.0 Å². The van der Waals surface area contributed by atoms with Crippen molar-refractivity contribution >= 4 is 11.6 Å². The highest BCUT2D eigenvalue weighted by Gasteiger charge is 2.22. The van der Waals surface area contributed by atoms with E-state index in [0.717, 1.165) is 31.6 Å². The predicted octanol–water partition coefficient (Wildman–Crippen LogP) is 0.875. The number of carbonyl (C=O) groups is 1. The minimum absolute atomic E-state index is 0.0390. The molecular weight excluding hydrogens is 294 g/mol. The summed E-state index contributed by atoms with van der Waals surface area (Å²) >= 11 is 0. The summed E-state index contributed by atoms with van der Waals surface area (Å²) in [4.78, 5) is 18.3. The van der Waals surface area contributed by atoms with Gasteiger partial charge in [0.25, 0.3) is 0 Å². The topological polar surface area (TPSA) is 71.8 Å². The number of fused-ring (bicyclic) bond motifs is 1. The van der Waals surface area contributed by atoms with Crippen LogP contribution >= 0.6 is 0 Å². The number of likely N-dealkylation sites (tertiary alicyclic amines) is 1. The summed E-state index contributed by atoms with van der Waals surface area (Å²) in [5.74, 6) is 0.664. The molecule has 1 fully saturated rings. The third kappa shape index (κ3) is 4.07. The zero-order chi connectivity index (χ0) is 16.1. The molecule has 2 aromatic heterocycles. The minimum Gasteiger partial charge on any atom is -0.474 e. The van der Waals surface area contributed by atoms with Gasteiger partial charge in [-0.3, -0.25) is 9.69 Å². The maximum Gasteiger partial charge on any atom is 0.234 e. The Balaban J connectivity index is 1.47. The summed E-state index contributed by atoms with van der Waals surface area (Å²) in [5, 5.41) is 6.91. The molecular formula is C16H21N5O2. The lowest BCUT2D eigenvalue weighted by molar-refractivity contribution is -0.122. The van der Waals surface area contributed by atoms with E-state index < -0.39 is 0 Å². The summed E-state index contributed by atoms with van der Waals surface area (Å²) < 4.78 is 7.66. The van der Waals surface area contributed by atoms with Crippen LogP contribution in [0.2, 0.25) is 0 Å². The van der Waals surface area contributed by atoms with Gasteiger partial charge < -0.3 is 10.1 Å². The molecule has 2 aromatic rings. The number of nitrogens with zero attached hydrogens (tertiary/aromatic N) is 4. The van der Waals surface area contributed by atoms with Crippen molar-refractivity contribution in [1.29, 1.82) is 0 Å². The van der Waals surface area contributed by atoms with Crippen LogP contribution in [0.3, 0.4) is 0 Å². The maximum absolute atomic E-state index is 11.7. The van der Waals surface area contributed by atoms with E-state index in [1.54, 1.807) is 16.8 Å². The van der Waals surface area contributed by atoms with Crippen LogP contribution in [-0.2, 0) is 4.79 Å². The van der Waals surface area contributed by atoms with Gasteiger partial charge in [0.1, 0.15) is 6.10 Å². The molecule has 0 saturated carbocycles. The number of hydrogen-bond donors (Lipinski definition) is 1. The van der Waals surface area contributed by atoms with Crippen molar-refractivity contribution in [3.63, 3.8) is 0 Å². The molecule has 1 amide bonds. The van der Waals surface area contributed by atoms with Crippen LogP contribution in [-0.4, -0.2) is 57.7 Å². The summed E-state index contributed by atoms with van der Waals surface area (Å²) in [6.45, 7) is 6.23. The van der Waals surface area contributed by atoms with Gasteiger partial charge in [-0.05, 0) is 12.8 Å². The van der Waals surface area contributed by atoms with Gasteiger partial charge in [-0.2, -0.15) is 10.1 Å². The molecule has 3 rings (SSSR count). The van der Waals surface area contributed by atoms with Crippen LogP contribution in [0.15, 0.2) is 37.2 Å². The zero-order valence-corrected chi connectivity index (χ0v) is 13.0. The van der Waals surface area contributed by atoms with Gasteiger partial charge in [-0.1, -0.05) is 6.08 Å². The van der Waals surface area contributed by atoms with Crippen molar-refractivity contribution in [3.8, 4) is 5.88 Å². The van der Waals surface area contributed by atoms with Gasteiger partial charge in [-0.25, -0.2) is 4.52 Å². The monoisotopic (exact) mass is 315 g/mol. The first-order valence-corrected chi connectivity index (χ1v) is 7.81. The molecule has 0 spiro atoms. The molecule has 0 atom stereocenters. The Morgan fingerprint density at radius 3 is 3.04 bits per heavy atom. The first kappa shape index (κ1) is 15.5. The smallest absolute Gasteiger partial charge is 0.234 e. The number of nitrogens with one attached hydrogen (secondary N) is 1. The SMILES string of the molecule is C=CCNC(=O)CN1CCC(Oc2ccn3nccc3n2)CC1. The van der Waals surface area contributed by atoms with Crippen molar-refractivity contribution in [2.75, 3.05) is 26.2 Å². The van der Waals surface area contributed by atoms with Gasteiger partial charge in [0.05, 0.1) is 12.7 Å². The molecule has 0 bridgehead atoms. The van der Waals surface area contributed by atoms with E-state index in [2.05, 4.69) is 26.9 Å². The average molecular weight is 315 g/mol. The zero-order valence-electron chi connectivity index (χ0n) is 13.0. The fraction of sp³-hybridized carbons (Fsp3) is 0.438. The van der Waals surface area contributed by atoms with Crippen molar-refractivity contribution in [1.82, 2.24) is 24.8 Å². The van der Waals surface area contributed by atoms with Gasteiger partial charge in [0.2, 0.25) is 11.8 Å². The quantitative estimate of drug-likeness (QED) is 0.801. The Bertz CT molecular complexity index is 676. The number of amides is 1. The molecule has 1 aliphatic rings. The van der Waals surface area contributed by atoms with Crippen molar-refractivity contribution < 1.29 is 9.53 Å². The summed E-state index contributed by atoms with van der Waals surface area (Å²) in [6, 6.07) is 3.67. The van der Waals surface area contributed by atoms with Crippen LogP contribution in [0.1, 0.15) is 12.8 Å². The highest BCUT2D eigenvalue weighted by atomic mass is 16.5. The number of carbonyl (C=O) groups excluding carboxylic acids is 1. The molecule has 7 nitrogen and oxygen atoms in total. The molecule has 0 unspecified atom stereocenters. The Morgan fingerprint density at radius 2 is 2.26 bits per heavy atom. The van der Waals surface area contributed by atoms with E-state index >= 15 is 0 Å². The van der Waals surface area contributed by atoms with E-state index in [4.69, 9.17) is 4.74 Å². The fourth-order valence-corrected chi connectivity index (χ4v) is 2.66. The molecule has 0 aromatic carbocycles. The Kier molecular flexibility index (Phi) is 4.87. The number of aromatic nitrogens is 3. The van der Waals surface area contributed by atoms with Gasteiger partial charge in [-0.15, -0.1) is 6.58 Å². The first-order chi connectivity index (χ1) is 11.2. The van der Waals surface area contributed by atoms with Crippen LogP contribution < -0.4 is 10.1 Å². The Labute approximate surface area is 134 Å². The highest BCUT2D eigenvalue weighted by Crippen LogP contribution is 2.17. The minimum atomic E-state index is 0.0390. The predicted molar refractivity (Wildman–Crippen MR) is 86.3 cm³/mol. The van der Waals surface area contributed by atoms with E-state index in [0.29, 0.717) is 19.0 Å². The second kappa shape index (κ2) is 7.23. The number of rotatable bonds is 6. The Hall–Kier alpha value is -2.41. The summed E-state index contributed by atoms with van der Waals surface area (Å²) in [5.41, 5.74) is 0.777. The third-order valence-electron chi connectivity index (χ3n) is 3.87. The second-order valence-electron chi connectivity index (χ2n) is 5.59. The normalized spacial score (nSPS) is 16.3. The maximum atomic E-state index is 11.7. The number of hydrogen-bond acceptors (Lipinski definition) is 5. The molecule has 3 heterocycles. The Morgan fingerprint density at radius 1 is 1.43 bits per heavy atom. The molecule has 1 saturated heterocycles. The van der Waals surface area contributed by atoms with E-state index in [1.807, 2.05) is 18.3 Å². The van der Waals surface area contributed by atoms with Crippen LogP contribution in [0.4, 0.5) is 0 Å². The van der Waals surface area contributed by atoms with E-state index in [1.165, 1.54) is 0 Å². The number of piperidine rings is 1. The largest absolute Gasteiger partial charge is 0.474 e. The standard InChI is InChI=1S/C16H21N5O2/c1-2-7-17-15(22)12-20-9-4-13(5-10-20)23-16-6-11-21-14(19-16)3-8-18-21/h2-3,6,8,11,13H,1,4-5,7,9-10,12H2,(H,17,22). The molecule has 23 heavy (non-hydrogen) atoms. The summed E-state index contributed by atoms with van der Waals surface area (Å²) in [7, 11) is 0. The van der Waals surface area contributed by atoms with Crippen molar-refractivity contribution in [2.24, 2.45) is 0 Å². The highest BCUT2D eigenvalue weighted by molar-refractivity contribution is 5.78. The van der Waals surface area contributed by atoms with Gasteiger partial charge in [0, 0.05) is 38.0 Å². The summed E-state index contributed by atoms with van der Waals surface area (Å²) in [6.07, 6.45) is 7.16. The molecule has 122 valence electrons.